The van der Waals surface area contributed by atoms with E-state index in [0.717, 1.165) is 10.2 Å². The van der Waals surface area contributed by atoms with E-state index < -0.39 is 0 Å². The van der Waals surface area contributed by atoms with E-state index in [0.29, 0.717) is 18.7 Å². The van der Waals surface area contributed by atoms with Crippen molar-refractivity contribution in [3.05, 3.63) is 22.7 Å². The van der Waals surface area contributed by atoms with Crippen LogP contribution in [0.1, 0.15) is 6.42 Å². The number of benzene rings is 1. The maximum Gasteiger partial charge on any atom is 0.243 e. The molecule has 1 aliphatic heterocycles. The van der Waals surface area contributed by atoms with Crippen LogP contribution < -0.4 is 15.4 Å². The number of hydrogen-bond acceptors (Lipinski definition) is 3. The molecule has 0 saturated carbocycles. The van der Waals surface area contributed by atoms with Gasteiger partial charge < -0.3 is 15.4 Å². The lowest BCUT2D eigenvalue weighted by atomic mass is 10.2. The highest BCUT2D eigenvalue weighted by molar-refractivity contribution is 9.10. The zero-order chi connectivity index (χ0) is 11.7. The van der Waals surface area contributed by atoms with Gasteiger partial charge in [0.25, 0.3) is 0 Å². The van der Waals surface area contributed by atoms with E-state index in [-0.39, 0.29) is 11.9 Å². The van der Waals surface area contributed by atoms with Crippen LogP contribution in [0.25, 0.3) is 0 Å². The summed E-state index contributed by atoms with van der Waals surface area (Å²) in [5, 5.41) is 0. The Morgan fingerprint density at radius 1 is 1.56 bits per heavy atom. The van der Waals surface area contributed by atoms with Crippen molar-refractivity contribution in [1.82, 2.24) is 0 Å². The standard InChI is InChI=1S/C11H13BrN2O2/c1-16-10-6-7(2-3-8(10)12)14-5-4-9(13)11(14)15/h2-3,6,9H,4-5,13H2,1H3. The first kappa shape index (κ1) is 11.4. The van der Waals surface area contributed by atoms with E-state index in [9.17, 15) is 4.79 Å². The smallest absolute Gasteiger partial charge is 0.243 e. The van der Waals surface area contributed by atoms with Gasteiger partial charge in [0.15, 0.2) is 0 Å². The molecule has 2 N–H and O–H groups in total. The minimum Gasteiger partial charge on any atom is -0.495 e. The highest BCUT2D eigenvalue weighted by Crippen LogP contribution is 2.31. The average molecular weight is 285 g/mol. The molecule has 0 bridgehead atoms. The first-order valence-electron chi connectivity index (χ1n) is 5.04. The number of carbonyl (C=O) groups excluding carboxylic acids is 1. The van der Waals surface area contributed by atoms with Crippen LogP contribution in [0.15, 0.2) is 22.7 Å². The van der Waals surface area contributed by atoms with Crippen LogP contribution >= 0.6 is 15.9 Å². The van der Waals surface area contributed by atoms with Crippen LogP contribution in [0.4, 0.5) is 5.69 Å². The number of amides is 1. The Morgan fingerprint density at radius 3 is 2.88 bits per heavy atom. The molecular weight excluding hydrogens is 272 g/mol. The van der Waals surface area contributed by atoms with Gasteiger partial charge in [-0.3, -0.25) is 4.79 Å². The van der Waals surface area contributed by atoms with Crippen molar-refractivity contribution >= 4 is 27.5 Å². The second-order valence-corrected chi connectivity index (χ2v) is 4.56. The van der Waals surface area contributed by atoms with E-state index in [1.54, 1.807) is 12.0 Å². The van der Waals surface area contributed by atoms with Gasteiger partial charge in [-0.1, -0.05) is 0 Å². The first-order valence-corrected chi connectivity index (χ1v) is 5.83. The van der Waals surface area contributed by atoms with Crippen molar-refractivity contribution in [3.8, 4) is 5.75 Å². The molecule has 1 aromatic rings. The third-order valence-corrected chi connectivity index (χ3v) is 3.35. The summed E-state index contributed by atoms with van der Waals surface area (Å²) in [6, 6.07) is 5.21. The number of anilines is 1. The topological polar surface area (TPSA) is 55.6 Å². The molecule has 1 saturated heterocycles. The number of ether oxygens (including phenoxy) is 1. The Kier molecular flexibility index (Phi) is 3.16. The van der Waals surface area contributed by atoms with Crippen LogP contribution in [0.3, 0.4) is 0 Å². The Labute approximate surface area is 102 Å². The molecule has 0 aromatic heterocycles. The van der Waals surface area contributed by atoms with E-state index in [1.165, 1.54) is 0 Å². The third kappa shape index (κ3) is 1.92. The number of nitrogens with two attached hydrogens (primary N) is 1. The molecule has 2 rings (SSSR count). The summed E-state index contributed by atoms with van der Waals surface area (Å²) < 4.78 is 6.06. The zero-order valence-corrected chi connectivity index (χ0v) is 10.5. The van der Waals surface area contributed by atoms with Gasteiger partial charge in [-0.25, -0.2) is 0 Å². The summed E-state index contributed by atoms with van der Waals surface area (Å²) in [7, 11) is 1.60. The highest BCUT2D eigenvalue weighted by Gasteiger charge is 2.29. The van der Waals surface area contributed by atoms with E-state index in [4.69, 9.17) is 10.5 Å². The number of hydrogen-bond donors (Lipinski definition) is 1. The summed E-state index contributed by atoms with van der Waals surface area (Å²) in [5.74, 6) is 0.690. The molecule has 86 valence electrons. The van der Waals surface area contributed by atoms with Crippen molar-refractivity contribution in [3.63, 3.8) is 0 Å². The average Bonchev–Trinajstić information content (AvgIpc) is 2.61. The predicted octanol–water partition coefficient (Wildman–Crippen LogP) is 1.52. The molecule has 0 spiro atoms. The monoisotopic (exact) mass is 284 g/mol. The van der Waals surface area contributed by atoms with Crippen LogP contribution in [-0.4, -0.2) is 25.6 Å². The van der Waals surface area contributed by atoms with Crippen molar-refractivity contribution in [1.29, 1.82) is 0 Å². The maximum atomic E-state index is 11.7. The molecule has 1 unspecified atom stereocenters. The lowest BCUT2D eigenvalue weighted by molar-refractivity contribution is -0.118. The fourth-order valence-electron chi connectivity index (χ4n) is 1.77. The Bertz CT molecular complexity index is 422. The summed E-state index contributed by atoms with van der Waals surface area (Å²) >= 11 is 3.37. The summed E-state index contributed by atoms with van der Waals surface area (Å²) in [4.78, 5) is 13.4. The zero-order valence-electron chi connectivity index (χ0n) is 8.94. The molecule has 1 atom stereocenters. The van der Waals surface area contributed by atoms with Crippen LogP contribution in [0.2, 0.25) is 0 Å². The first-order chi connectivity index (χ1) is 7.63. The molecule has 1 amide bonds. The lowest BCUT2D eigenvalue weighted by Gasteiger charge is -2.17. The minimum absolute atomic E-state index is 0.0237. The predicted molar refractivity (Wildman–Crippen MR) is 65.6 cm³/mol. The van der Waals surface area contributed by atoms with Gasteiger partial charge in [-0.05, 0) is 34.5 Å². The molecule has 1 aliphatic rings. The molecule has 1 fully saturated rings. The summed E-state index contributed by atoms with van der Waals surface area (Å²) in [6.45, 7) is 0.671. The highest BCUT2D eigenvalue weighted by atomic mass is 79.9. The number of nitrogens with zero attached hydrogens (tertiary/aromatic N) is 1. The Balaban J connectivity index is 2.31. The summed E-state index contributed by atoms with van der Waals surface area (Å²) in [6.07, 6.45) is 0.706. The molecule has 4 nitrogen and oxygen atoms in total. The van der Waals surface area contributed by atoms with E-state index in [2.05, 4.69) is 15.9 Å². The van der Waals surface area contributed by atoms with Gasteiger partial charge >= 0.3 is 0 Å². The van der Waals surface area contributed by atoms with Crippen LogP contribution in [-0.2, 0) is 4.79 Å². The normalized spacial score (nSPS) is 20.3. The van der Waals surface area contributed by atoms with Gasteiger partial charge in [-0.2, -0.15) is 0 Å². The molecule has 0 aliphatic carbocycles. The molecule has 16 heavy (non-hydrogen) atoms. The van der Waals surface area contributed by atoms with E-state index in [1.807, 2.05) is 18.2 Å². The maximum absolute atomic E-state index is 11.7. The fraction of sp³-hybridized carbons (Fsp3) is 0.364. The molecular formula is C11H13BrN2O2. The van der Waals surface area contributed by atoms with Gasteiger partial charge in [0.05, 0.1) is 17.6 Å². The van der Waals surface area contributed by atoms with Gasteiger partial charge in [0.2, 0.25) is 5.91 Å². The van der Waals surface area contributed by atoms with Crippen molar-refractivity contribution in [2.45, 2.75) is 12.5 Å². The summed E-state index contributed by atoms with van der Waals surface area (Å²) in [5.41, 5.74) is 6.51. The number of rotatable bonds is 2. The number of methoxy groups -OCH3 is 1. The largest absolute Gasteiger partial charge is 0.495 e. The Morgan fingerprint density at radius 2 is 2.31 bits per heavy atom. The third-order valence-electron chi connectivity index (χ3n) is 2.69. The van der Waals surface area contributed by atoms with Gasteiger partial charge in [0, 0.05) is 18.3 Å². The van der Waals surface area contributed by atoms with Crippen molar-refractivity contribution < 1.29 is 9.53 Å². The fourth-order valence-corrected chi connectivity index (χ4v) is 2.18. The van der Waals surface area contributed by atoms with Crippen LogP contribution in [0.5, 0.6) is 5.75 Å². The Hall–Kier alpha value is -1.07. The number of carbonyl (C=O) groups is 1. The van der Waals surface area contributed by atoms with E-state index >= 15 is 0 Å². The second-order valence-electron chi connectivity index (χ2n) is 3.70. The SMILES string of the molecule is COc1cc(N2CCC(N)C2=O)ccc1Br. The molecule has 1 heterocycles. The molecule has 5 heteroatoms. The van der Waals surface area contributed by atoms with Crippen molar-refractivity contribution in [2.24, 2.45) is 5.73 Å². The van der Waals surface area contributed by atoms with Crippen LogP contribution in [0, 0.1) is 0 Å². The molecule has 0 radical (unpaired) electrons. The van der Waals surface area contributed by atoms with Gasteiger partial charge in [0.1, 0.15) is 5.75 Å². The second kappa shape index (κ2) is 4.43. The number of halogens is 1. The minimum atomic E-state index is -0.366. The quantitative estimate of drug-likeness (QED) is 0.896. The van der Waals surface area contributed by atoms with Gasteiger partial charge in [-0.15, -0.1) is 0 Å². The molecule has 1 aromatic carbocycles. The lowest BCUT2D eigenvalue weighted by Crippen LogP contribution is -2.33. The van der Waals surface area contributed by atoms with Crippen molar-refractivity contribution in [2.75, 3.05) is 18.6 Å².